The predicted octanol–water partition coefficient (Wildman–Crippen LogP) is 13.7. The van der Waals surface area contributed by atoms with Gasteiger partial charge in [0.25, 0.3) is 0 Å². The first-order chi connectivity index (χ1) is 30.6. The summed E-state index contributed by atoms with van der Waals surface area (Å²) in [7, 11) is 1.44. The Morgan fingerprint density at radius 1 is 0.531 bits per heavy atom. The standard InChI is InChI=1S/C52H92NO10P/c1-10-12-26-32-47-42(3)44(5)49(62-47)34-28-22-18-16-14-15-17-19-25-31-37-52(55)61-46(41-60-64(56,57)59-39-38-53(7,8)9)40-58-51(54)36-30-24-21-20-23-29-35-50-45(6)43(4)48(63-50)33-27-13-11-2/h46H,10-41H2,1-9H3/p+1. The van der Waals surface area contributed by atoms with Crippen molar-refractivity contribution >= 4 is 19.8 Å². The van der Waals surface area contributed by atoms with Gasteiger partial charge in [-0.05, 0) is 88.5 Å². The number of hydrogen-bond acceptors (Lipinski definition) is 9. The van der Waals surface area contributed by atoms with E-state index < -0.39 is 32.5 Å². The summed E-state index contributed by atoms with van der Waals surface area (Å²) in [5, 5.41) is 0. The molecule has 0 saturated heterocycles. The van der Waals surface area contributed by atoms with Gasteiger partial charge >= 0.3 is 19.8 Å². The normalized spacial score (nSPS) is 13.3. The van der Waals surface area contributed by atoms with Gasteiger partial charge in [-0.1, -0.05) is 117 Å². The van der Waals surface area contributed by atoms with Crippen molar-refractivity contribution in [3.05, 3.63) is 45.3 Å². The van der Waals surface area contributed by atoms with Crippen molar-refractivity contribution in [2.45, 2.75) is 227 Å². The van der Waals surface area contributed by atoms with Gasteiger partial charge in [0.2, 0.25) is 0 Å². The van der Waals surface area contributed by atoms with Gasteiger partial charge in [0.15, 0.2) is 6.10 Å². The number of carbonyl (C=O) groups excluding carboxylic acids is 2. The molecule has 0 aliphatic rings. The van der Waals surface area contributed by atoms with E-state index in [-0.39, 0.29) is 26.1 Å². The molecule has 370 valence electrons. The number of carbonyl (C=O) groups is 2. The van der Waals surface area contributed by atoms with E-state index in [2.05, 4.69) is 41.5 Å². The third kappa shape index (κ3) is 26.0. The lowest BCUT2D eigenvalue weighted by atomic mass is 10.0. The van der Waals surface area contributed by atoms with E-state index in [1.807, 2.05) is 21.1 Å². The summed E-state index contributed by atoms with van der Waals surface area (Å²) in [6.07, 6.45) is 27.9. The van der Waals surface area contributed by atoms with E-state index in [0.717, 1.165) is 88.6 Å². The molecule has 2 aromatic heterocycles. The molecule has 0 spiro atoms. The van der Waals surface area contributed by atoms with Crippen molar-refractivity contribution in [2.75, 3.05) is 47.5 Å². The summed E-state index contributed by atoms with van der Waals surface area (Å²) in [6, 6.07) is 0. The molecule has 2 atom stereocenters. The zero-order chi connectivity index (χ0) is 47.2. The third-order valence-corrected chi connectivity index (χ3v) is 13.5. The Bertz CT molecular complexity index is 1610. The minimum atomic E-state index is -4.40. The summed E-state index contributed by atoms with van der Waals surface area (Å²) in [5.41, 5.74) is 5.30. The minimum absolute atomic E-state index is 0.0199. The maximum atomic E-state index is 12.8. The van der Waals surface area contributed by atoms with Gasteiger partial charge in [0.05, 0.1) is 27.7 Å². The second kappa shape index (κ2) is 33.1. The largest absolute Gasteiger partial charge is 0.472 e. The maximum absolute atomic E-state index is 12.8. The third-order valence-electron chi connectivity index (χ3n) is 12.5. The summed E-state index contributed by atoms with van der Waals surface area (Å²) in [4.78, 5) is 35.7. The molecule has 0 bridgehead atoms. The van der Waals surface area contributed by atoms with E-state index in [4.69, 9.17) is 27.4 Å². The molecule has 11 nitrogen and oxygen atoms in total. The summed E-state index contributed by atoms with van der Waals surface area (Å²) < 4.78 is 47.0. The molecule has 0 aliphatic heterocycles. The molecule has 0 aromatic carbocycles. The second-order valence-corrected chi connectivity index (χ2v) is 20.8. The Kier molecular flexibility index (Phi) is 29.8. The lowest BCUT2D eigenvalue weighted by molar-refractivity contribution is -0.870. The highest BCUT2D eigenvalue weighted by Crippen LogP contribution is 2.43. The Morgan fingerprint density at radius 2 is 0.891 bits per heavy atom. The molecule has 0 radical (unpaired) electrons. The van der Waals surface area contributed by atoms with Gasteiger partial charge in [-0.2, -0.15) is 0 Å². The van der Waals surface area contributed by atoms with Crippen LogP contribution >= 0.6 is 7.82 Å². The van der Waals surface area contributed by atoms with E-state index in [0.29, 0.717) is 23.9 Å². The average molecular weight is 923 g/mol. The van der Waals surface area contributed by atoms with Crippen molar-refractivity contribution in [1.29, 1.82) is 0 Å². The van der Waals surface area contributed by atoms with Crippen LogP contribution in [-0.4, -0.2) is 74.9 Å². The maximum Gasteiger partial charge on any atom is 0.472 e. The number of likely N-dealkylation sites (N-methyl/N-ethyl adjacent to an activating group) is 1. The van der Waals surface area contributed by atoms with E-state index >= 15 is 0 Å². The molecule has 0 amide bonds. The molecule has 0 fully saturated rings. The minimum Gasteiger partial charge on any atom is -0.466 e. The number of furan rings is 2. The topological polar surface area (TPSA) is 135 Å². The number of phosphoric acid groups is 1. The van der Waals surface area contributed by atoms with Crippen LogP contribution in [0.3, 0.4) is 0 Å². The molecule has 2 unspecified atom stereocenters. The van der Waals surface area contributed by atoms with Crippen LogP contribution in [-0.2, 0) is 58.4 Å². The van der Waals surface area contributed by atoms with Crippen LogP contribution in [0.1, 0.15) is 213 Å². The second-order valence-electron chi connectivity index (χ2n) is 19.4. The van der Waals surface area contributed by atoms with Crippen LogP contribution in [0.2, 0.25) is 0 Å². The highest BCUT2D eigenvalue weighted by atomic mass is 31.2. The smallest absolute Gasteiger partial charge is 0.466 e. The van der Waals surface area contributed by atoms with Crippen molar-refractivity contribution < 1.29 is 50.9 Å². The average Bonchev–Trinajstić information content (AvgIpc) is 3.67. The van der Waals surface area contributed by atoms with Crippen molar-refractivity contribution in [1.82, 2.24) is 0 Å². The lowest BCUT2D eigenvalue weighted by Crippen LogP contribution is -2.37. The number of ether oxygens (including phenoxy) is 2. The first-order valence-electron chi connectivity index (χ1n) is 25.5. The van der Waals surface area contributed by atoms with Crippen LogP contribution < -0.4 is 0 Å². The number of aryl methyl sites for hydroxylation is 4. The van der Waals surface area contributed by atoms with Crippen LogP contribution in [0.4, 0.5) is 0 Å². The van der Waals surface area contributed by atoms with Crippen LogP contribution in [0.5, 0.6) is 0 Å². The van der Waals surface area contributed by atoms with Gasteiger partial charge in [-0.25, -0.2) is 4.57 Å². The molecule has 0 saturated carbocycles. The number of quaternary nitrogens is 1. The Morgan fingerprint density at radius 3 is 1.28 bits per heavy atom. The fourth-order valence-corrected chi connectivity index (χ4v) is 8.70. The Balaban J connectivity index is 1.64. The summed E-state index contributed by atoms with van der Waals surface area (Å²) in [6.45, 7) is 13.1. The van der Waals surface area contributed by atoms with E-state index in [9.17, 15) is 19.0 Å². The van der Waals surface area contributed by atoms with E-state index in [1.54, 1.807) is 0 Å². The molecular weight excluding hydrogens is 830 g/mol. The van der Waals surface area contributed by atoms with Gasteiger partial charge < -0.3 is 27.7 Å². The number of unbranched alkanes of at least 4 members (excludes halogenated alkanes) is 18. The lowest BCUT2D eigenvalue weighted by Gasteiger charge is -2.24. The first-order valence-corrected chi connectivity index (χ1v) is 27.0. The van der Waals surface area contributed by atoms with Gasteiger partial charge in [0.1, 0.15) is 42.8 Å². The van der Waals surface area contributed by atoms with Crippen molar-refractivity contribution in [2.24, 2.45) is 0 Å². The molecule has 64 heavy (non-hydrogen) atoms. The number of rotatable bonds is 40. The molecule has 0 aliphatic carbocycles. The molecule has 12 heteroatoms. The van der Waals surface area contributed by atoms with E-state index in [1.165, 1.54) is 111 Å². The number of nitrogens with zero attached hydrogens (tertiary/aromatic N) is 1. The number of phosphoric ester groups is 1. The molecule has 1 N–H and O–H groups in total. The van der Waals surface area contributed by atoms with Crippen LogP contribution in [0.15, 0.2) is 8.83 Å². The first kappa shape index (κ1) is 57.7. The van der Waals surface area contributed by atoms with Gasteiger partial charge in [-0.15, -0.1) is 0 Å². The quantitative estimate of drug-likeness (QED) is 0.0298. The molecule has 2 aromatic rings. The highest BCUT2D eigenvalue weighted by molar-refractivity contribution is 7.47. The summed E-state index contributed by atoms with van der Waals surface area (Å²) in [5.74, 6) is 3.82. The molecule has 2 heterocycles. The fraction of sp³-hybridized carbons (Fsp3) is 0.808. The van der Waals surface area contributed by atoms with Gasteiger partial charge in [-0.3, -0.25) is 18.6 Å². The SMILES string of the molecule is CCCCCc1oc(CCCCCCCCCCCCC(=O)OC(COC(=O)CCCCCCCCc2oc(CCCCC)c(C)c2C)COP(=O)(O)OCC[N+](C)(C)C)c(C)c1C. The summed E-state index contributed by atoms with van der Waals surface area (Å²) >= 11 is 0. The zero-order valence-electron chi connectivity index (χ0n) is 42.2. The predicted molar refractivity (Wildman–Crippen MR) is 259 cm³/mol. The zero-order valence-corrected chi connectivity index (χ0v) is 43.1. The van der Waals surface area contributed by atoms with Crippen LogP contribution in [0, 0.1) is 27.7 Å². The van der Waals surface area contributed by atoms with Crippen molar-refractivity contribution in [3.8, 4) is 0 Å². The van der Waals surface area contributed by atoms with Crippen LogP contribution in [0.25, 0.3) is 0 Å². The monoisotopic (exact) mass is 923 g/mol. The molecule has 2 rings (SSSR count). The number of esters is 2. The fourth-order valence-electron chi connectivity index (χ4n) is 7.96. The number of hydrogen-bond donors (Lipinski definition) is 1. The Hall–Kier alpha value is -2.43. The Labute approximate surface area is 389 Å². The molecular formula is C52H93NO10P+. The van der Waals surface area contributed by atoms with Gasteiger partial charge in [0, 0.05) is 38.5 Å². The van der Waals surface area contributed by atoms with Crippen molar-refractivity contribution in [3.63, 3.8) is 0 Å². The highest BCUT2D eigenvalue weighted by Gasteiger charge is 2.27.